The van der Waals surface area contributed by atoms with Crippen LogP contribution in [0.3, 0.4) is 0 Å². The van der Waals surface area contributed by atoms with E-state index in [0.717, 1.165) is 30.8 Å². The van der Waals surface area contributed by atoms with Crippen LogP contribution in [0.4, 0.5) is 23.7 Å². The number of benzene rings is 2. The van der Waals surface area contributed by atoms with Gasteiger partial charge in [0.2, 0.25) is 0 Å². The summed E-state index contributed by atoms with van der Waals surface area (Å²) in [6.07, 6.45) is -2.74. The molecule has 2 amide bonds. The second kappa shape index (κ2) is 14.0. The molecule has 0 unspecified atom stereocenters. The molecule has 0 spiro atoms. The number of halogens is 3. The van der Waals surface area contributed by atoms with E-state index in [-0.39, 0.29) is 30.4 Å². The molecule has 1 aliphatic heterocycles. The van der Waals surface area contributed by atoms with Crippen molar-refractivity contribution in [3.05, 3.63) is 77.6 Å². The first kappa shape index (κ1) is 29.8. The number of hydrogen-bond acceptors (Lipinski definition) is 7. The summed E-state index contributed by atoms with van der Waals surface area (Å²) < 4.78 is 56.8. The number of urea groups is 1. The van der Waals surface area contributed by atoms with Crippen LogP contribution in [-0.4, -0.2) is 61.2 Å². The Kier molecular flexibility index (Phi) is 10.1. The number of anilines is 1. The Hall–Kier alpha value is -4.16. The molecule has 0 atom stereocenters. The van der Waals surface area contributed by atoms with Gasteiger partial charge in [-0.25, -0.2) is 4.79 Å². The number of pyridine rings is 1. The van der Waals surface area contributed by atoms with Gasteiger partial charge in [0, 0.05) is 44.9 Å². The normalized spacial score (nSPS) is 13.9. The van der Waals surface area contributed by atoms with Crippen molar-refractivity contribution in [2.24, 2.45) is 0 Å². The summed E-state index contributed by atoms with van der Waals surface area (Å²) in [5.41, 5.74) is 0.0731. The molecule has 3 aromatic rings. The number of aromatic nitrogens is 1. The van der Waals surface area contributed by atoms with E-state index < -0.39 is 17.8 Å². The van der Waals surface area contributed by atoms with Crippen molar-refractivity contribution in [2.45, 2.75) is 26.1 Å². The summed E-state index contributed by atoms with van der Waals surface area (Å²) in [5.74, 6) is 1.03. The molecule has 218 valence electrons. The molecule has 2 N–H and O–H groups in total. The van der Waals surface area contributed by atoms with Crippen molar-refractivity contribution in [3.63, 3.8) is 0 Å². The maximum Gasteiger partial charge on any atom is 0.416 e. The monoisotopic (exact) mass is 572 g/mol. The maximum absolute atomic E-state index is 13.3. The van der Waals surface area contributed by atoms with E-state index in [0.29, 0.717) is 43.4 Å². The molecule has 41 heavy (non-hydrogen) atoms. The number of morpholine rings is 1. The summed E-state index contributed by atoms with van der Waals surface area (Å²) in [7, 11) is 0. The number of carbonyl (C=O) groups is 2. The van der Waals surface area contributed by atoms with E-state index in [4.69, 9.17) is 14.2 Å². The lowest BCUT2D eigenvalue weighted by atomic mass is 10.1. The third-order valence-corrected chi connectivity index (χ3v) is 6.27. The second-order valence-corrected chi connectivity index (χ2v) is 9.22. The molecule has 1 saturated heterocycles. The second-order valence-electron chi connectivity index (χ2n) is 9.22. The standard InChI is InChI=1S/C29H31F3N4O5/c1-2-26(37)24-18-23(9-10-33-24)41-22-6-3-20(4-7-22)19-34-28(38)35-25-17-21(29(30,31)32)5-8-27(25)40-16-13-36-11-14-39-15-12-36/h3-10,17-18H,2,11-16,19H2,1H3,(H2,34,35,38). The molecule has 4 rings (SSSR count). The van der Waals surface area contributed by atoms with Gasteiger partial charge in [-0.1, -0.05) is 19.1 Å². The van der Waals surface area contributed by atoms with Crippen molar-refractivity contribution in [2.75, 3.05) is 44.8 Å². The first-order chi connectivity index (χ1) is 19.7. The number of hydrogen-bond donors (Lipinski definition) is 2. The highest BCUT2D eigenvalue weighted by atomic mass is 19.4. The van der Waals surface area contributed by atoms with E-state index in [1.165, 1.54) is 12.3 Å². The van der Waals surface area contributed by atoms with Gasteiger partial charge in [-0.05, 0) is 42.0 Å². The van der Waals surface area contributed by atoms with Crippen molar-refractivity contribution in [1.29, 1.82) is 0 Å². The minimum Gasteiger partial charge on any atom is -0.490 e. The Bertz CT molecular complexity index is 1330. The smallest absolute Gasteiger partial charge is 0.416 e. The molecule has 0 bridgehead atoms. The molecule has 0 aliphatic carbocycles. The van der Waals surface area contributed by atoms with Gasteiger partial charge in [0.15, 0.2) is 5.78 Å². The van der Waals surface area contributed by atoms with Crippen LogP contribution in [0.2, 0.25) is 0 Å². The van der Waals surface area contributed by atoms with Crippen LogP contribution in [0.25, 0.3) is 0 Å². The van der Waals surface area contributed by atoms with E-state index in [1.807, 2.05) is 0 Å². The number of nitrogens with zero attached hydrogens (tertiary/aromatic N) is 2. The van der Waals surface area contributed by atoms with Gasteiger partial charge in [-0.15, -0.1) is 0 Å². The fourth-order valence-corrected chi connectivity index (χ4v) is 4.01. The molecule has 0 saturated carbocycles. The zero-order valence-corrected chi connectivity index (χ0v) is 22.5. The van der Waals surface area contributed by atoms with Crippen molar-refractivity contribution < 1.29 is 37.0 Å². The van der Waals surface area contributed by atoms with Gasteiger partial charge in [-0.3, -0.25) is 14.7 Å². The van der Waals surface area contributed by atoms with E-state index in [1.54, 1.807) is 43.3 Å². The number of alkyl halides is 3. The van der Waals surface area contributed by atoms with Gasteiger partial charge in [0.25, 0.3) is 0 Å². The van der Waals surface area contributed by atoms with E-state index >= 15 is 0 Å². The third kappa shape index (κ3) is 8.92. The summed E-state index contributed by atoms with van der Waals surface area (Å²) in [6.45, 7) is 5.43. The molecule has 2 heterocycles. The fourth-order valence-electron chi connectivity index (χ4n) is 4.01. The van der Waals surface area contributed by atoms with Crippen molar-refractivity contribution in [1.82, 2.24) is 15.2 Å². The zero-order valence-electron chi connectivity index (χ0n) is 22.5. The minimum atomic E-state index is -4.58. The fraction of sp³-hybridized carbons (Fsp3) is 0.345. The highest BCUT2D eigenvalue weighted by molar-refractivity contribution is 5.94. The Labute approximate surface area is 235 Å². The van der Waals surface area contributed by atoms with Crippen LogP contribution in [0, 0.1) is 0 Å². The first-order valence-corrected chi connectivity index (χ1v) is 13.2. The van der Waals surface area contributed by atoms with Gasteiger partial charge in [0.1, 0.15) is 29.5 Å². The first-order valence-electron chi connectivity index (χ1n) is 13.2. The molecule has 1 fully saturated rings. The SMILES string of the molecule is CCC(=O)c1cc(Oc2ccc(CNC(=O)Nc3cc(C(F)(F)F)ccc3OCCN3CCOCC3)cc2)ccn1. The molecular weight excluding hydrogens is 541 g/mol. The van der Waals surface area contributed by atoms with Crippen molar-refractivity contribution in [3.8, 4) is 17.2 Å². The summed E-state index contributed by atoms with van der Waals surface area (Å²) in [5, 5.41) is 5.12. The Morgan fingerprint density at radius 3 is 2.49 bits per heavy atom. The average Bonchev–Trinajstić information content (AvgIpc) is 2.97. The average molecular weight is 573 g/mol. The summed E-state index contributed by atoms with van der Waals surface area (Å²) >= 11 is 0. The number of nitrogens with one attached hydrogen (secondary N) is 2. The van der Waals surface area contributed by atoms with Gasteiger partial charge in [0.05, 0.1) is 24.5 Å². The van der Waals surface area contributed by atoms with Crippen LogP contribution in [0.1, 0.15) is 35.0 Å². The van der Waals surface area contributed by atoms with Crippen LogP contribution < -0.4 is 20.1 Å². The lowest BCUT2D eigenvalue weighted by Gasteiger charge is -2.26. The Morgan fingerprint density at radius 1 is 1.02 bits per heavy atom. The van der Waals surface area contributed by atoms with Gasteiger partial charge >= 0.3 is 12.2 Å². The molecule has 12 heteroatoms. The van der Waals surface area contributed by atoms with Gasteiger partial charge < -0.3 is 24.8 Å². The lowest BCUT2D eigenvalue weighted by molar-refractivity contribution is -0.137. The van der Waals surface area contributed by atoms with Crippen LogP contribution in [0.5, 0.6) is 17.2 Å². The number of rotatable bonds is 11. The highest BCUT2D eigenvalue weighted by Crippen LogP contribution is 2.35. The molecule has 0 radical (unpaired) electrons. The summed E-state index contributed by atoms with van der Waals surface area (Å²) in [6, 6.07) is 12.4. The van der Waals surface area contributed by atoms with E-state index in [2.05, 4.69) is 20.5 Å². The molecule has 2 aromatic carbocycles. The van der Waals surface area contributed by atoms with Gasteiger partial charge in [-0.2, -0.15) is 13.2 Å². The largest absolute Gasteiger partial charge is 0.490 e. The van der Waals surface area contributed by atoms with Crippen LogP contribution in [-0.2, 0) is 17.5 Å². The summed E-state index contributed by atoms with van der Waals surface area (Å²) in [4.78, 5) is 30.6. The number of Topliss-reactive ketones (excluding diaryl/α,β-unsaturated/α-hetero) is 1. The zero-order chi connectivity index (χ0) is 29.2. The number of ether oxygens (including phenoxy) is 3. The topological polar surface area (TPSA) is 102 Å². The maximum atomic E-state index is 13.3. The third-order valence-electron chi connectivity index (χ3n) is 6.27. The lowest BCUT2D eigenvalue weighted by Crippen LogP contribution is -2.38. The predicted molar refractivity (Wildman–Crippen MR) is 145 cm³/mol. The predicted octanol–water partition coefficient (Wildman–Crippen LogP) is 5.52. The number of carbonyl (C=O) groups excluding carboxylic acids is 2. The quantitative estimate of drug-likeness (QED) is 0.292. The minimum absolute atomic E-state index is 0.0821. The number of amides is 2. The van der Waals surface area contributed by atoms with Crippen LogP contribution in [0.15, 0.2) is 60.8 Å². The molecule has 9 nitrogen and oxygen atoms in total. The van der Waals surface area contributed by atoms with E-state index in [9.17, 15) is 22.8 Å². The molecule has 1 aromatic heterocycles. The molecular formula is C29H31F3N4O5. The highest BCUT2D eigenvalue weighted by Gasteiger charge is 2.31. The Balaban J connectivity index is 1.33. The van der Waals surface area contributed by atoms with Crippen LogP contribution >= 0.6 is 0 Å². The Morgan fingerprint density at radius 2 is 1.78 bits per heavy atom. The number of ketones is 1. The molecule has 1 aliphatic rings. The van der Waals surface area contributed by atoms with Crippen molar-refractivity contribution >= 4 is 17.5 Å².